The van der Waals surface area contributed by atoms with Gasteiger partial charge < -0.3 is 14.1 Å². The Morgan fingerprint density at radius 1 is 0.857 bits per heavy atom. The number of nitrogens with zero attached hydrogens (tertiary/aromatic N) is 6. The van der Waals surface area contributed by atoms with Gasteiger partial charge in [-0.05, 0) is 92.5 Å². The molecule has 0 aliphatic heterocycles. The molecule has 0 amide bonds. The molecule has 0 saturated heterocycles. The summed E-state index contributed by atoms with van der Waals surface area (Å²) in [4.78, 5) is 7.78. The molecule has 2 heterocycles. The maximum atomic E-state index is 6.33. The van der Waals surface area contributed by atoms with E-state index in [0.29, 0.717) is 24.3 Å². The van der Waals surface area contributed by atoms with E-state index < -0.39 is 8.32 Å². The van der Waals surface area contributed by atoms with E-state index in [4.69, 9.17) is 9.16 Å². The van der Waals surface area contributed by atoms with Crippen molar-refractivity contribution in [2.24, 2.45) is 26.4 Å². The molecular weight excluding hydrogens is 581 g/mol. The van der Waals surface area contributed by atoms with Crippen LogP contribution in [-0.2, 0) is 4.43 Å². The third kappa shape index (κ3) is 7.88. The average Bonchev–Trinajstić information content (AvgIpc) is 3.53. The van der Waals surface area contributed by atoms with Crippen LogP contribution in [0.1, 0.15) is 41.5 Å². The third-order valence-electron chi connectivity index (χ3n) is 8.21. The molecular formula is C31H42N6O2S2Si. The summed E-state index contributed by atoms with van der Waals surface area (Å²) in [6.07, 6.45) is 0. The van der Waals surface area contributed by atoms with Crippen LogP contribution < -0.4 is 9.64 Å². The van der Waals surface area contributed by atoms with Crippen molar-refractivity contribution in [1.29, 1.82) is 0 Å². The standard InChI is InChI=1S/C31H42N6O2S2Si/c1-9-37(10-2)25-15-11-23(12-16-25)34-36-30-32-29-27(40-30)21-28(41-29)35-33-24-13-17-26(18-14-24)38-19-20-39-42(7,8)31(5,6)22(3)4/h11-18,21-22H,9-10,19-20H2,1-8H3. The Labute approximate surface area is 258 Å². The molecule has 2 aromatic heterocycles. The lowest BCUT2D eigenvalue weighted by Crippen LogP contribution is -2.45. The van der Waals surface area contributed by atoms with E-state index in [2.05, 4.69) is 97.1 Å². The molecule has 0 fully saturated rings. The molecule has 4 aromatic rings. The van der Waals surface area contributed by atoms with Crippen molar-refractivity contribution in [3.63, 3.8) is 0 Å². The summed E-state index contributed by atoms with van der Waals surface area (Å²) in [5.74, 6) is 1.37. The van der Waals surface area contributed by atoms with Crippen molar-refractivity contribution >= 4 is 67.7 Å². The van der Waals surface area contributed by atoms with Crippen molar-refractivity contribution in [2.45, 2.75) is 59.7 Å². The molecule has 0 unspecified atom stereocenters. The van der Waals surface area contributed by atoms with Gasteiger partial charge in [0.05, 0.1) is 22.7 Å². The van der Waals surface area contributed by atoms with E-state index in [9.17, 15) is 0 Å². The first-order chi connectivity index (χ1) is 20.0. The van der Waals surface area contributed by atoms with E-state index in [1.54, 1.807) is 0 Å². The summed E-state index contributed by atoms with van der Waals surface area (Å²) in [7, 11) is -1.84. The summed E-state index contributed by atoms with van der Waals surface area (Å²) >= 11 is 2.98. The maximum Gasteiger partial charge on any atom is 0.231 e. The molecule has 0 saturated carbocycles. The topological polar surface area (TPSA) is 84.0 Å². The molecule has 42 heavy (non-hydrogen) atoms. The minimum absolute atomic E-state index is 0.194. The predicted molar refractivity (Wildman–Crippen MR) is 180 cm³/mol. The summed E-state index contributed by atoms with van der Waals surface area (Å²) in [5.41, 5.74) is 2.75. The van der Waals surface area contributed by atoms with Crippen LogP contribution in [0.5, 0.6) is 5.75 Å². The van der Waals surface area contributed by atoms with Crippen LogP contribution >= 0.6 is 22.7 Å². The van der Waals surface area contributed by atoms with E-state index in [-0.39, 0.29) is 5.04 Å². The third-order valence-corrected chi connectivity index (χ3v) is 14.7. The van der Waals surface area contributed by atoms with Gasteiger partial charge in [0.25, 0.3) is 0 Å². The Hall–Kier alpha value is -2.99. The van der Waals surface area contributed by atoms with Crippen molar-refractivity contribution in [3.8, 4) is 5.75 Å². The molecule has 4 rings (SSSR count). The van der Waals surface area contributed by atoms with Gasteiger partial charge in [0.15, 0.2) is 8.32 Å². The summed E-state index contributed by atoms with van der Waals surface area (Å²) in [6.45, 7) is 21.1. The Bertz CT molecular complexity index is 1460. The maximum absolute atomic E-state index is 6.33. The molecule has 0 radical (unpaired) electrons. The second-order valence-corrected chi connectivity index (χ2v) is 18.0. The molecule has 8 nitrogen and oxygen atoms in total. The van der Waals surface area contributed by atoms with Crippen LogP contribution in [0.25, 0.3) is 9.53 Å². The minimum atomic E-state index is -1.84. The van der Waals surface area contributed by atoms with E-state index >= 15 is 0 Å². The highest BCUT2D eigenvalue weighted by Gasteiger charge is 2.43. The van der Waals surface area contributed by atoms with Crippen molar-refractivity contribution in [1.82, 2.24) is 4.98 Å². The van der Waals surface area contributed by atoms with Crippen LogP contribution in [0.15, 0.2) is 75.1 Å². The summed E-state index contributed by atoms with van der Waals surface area (Å²) in [6, 6.07) is 17.7. The largest absolute Gasteiger partial charge is 0.491 e. The van der Waals surface area contributed by atoms with Crippen LogP contribution in [-0.4, -0.2) is 39.6 Å². The molecule has 0 aliphatic rings. The highest BCUT2D eigenvalue weighted by atomic mass is 32.1. The zero-order chi connectivity index (χ0) is 30.3. The Morgan fingerprint density at radius 2 is 1.48 bits per heavy atom. The molecule has 0 spiro atoms. The number of rotatable bonds is 14. The van der Waals surface area contributed by atoms with Gasteiger partial charge in [-0.25, -0.2) is 4.98 Å². The fraction of sp³-hybridized carbons (Fsp3) is 0.452. The van der Waals surface area contributed by atoms with Gasteiger partial charge in [0.1, 0.15) is 22.2 Å². The number of hydrogen-bond acceptors (Lipinski definition) is 10. The molecule has 0 bridgehead atoms. The number of anilines is 1. The first kappa shape index (κ1) is 31.9. The van der Waals surface area contributed by atoms with Gasteiger partial charge in [0.2, 0.25) is 5.13 Å². The average molecular weight is 623 g/mol. The molecule has 224 valence electrons. The Kier molecular flexibility index (Phi) is 10.6. The number of fused-ring (bicyclic) bond motifs is 1. The SMILES string of the molecule is CCN(CC)c1ccc(N=Nc2nc3sc(N=Nc4ccc(OCCO[Si](C)(C)C(C)(C)C(C)C)cc4)cc3s2)cc1. The highest BCUT2D eigenvalue weighted by molar-refractivity contribution is 7.30. The first-order valence-corrected chi connectivity index (χ1v) is 19.0. The molecule has 11 heteroatoms. The Morgan fingerprint density at radius 3 is 2.07 bits per heavy atom. The van der Waals surface area contributed by atoms with Crippen LogP contribution in [0.2, 0.25) is 18.1 Å². The second kappa shape index (κ2) is 14.0. The molecule has 0 aliphatic carbocycles. The fourth-order valence-electron chi connectivity index (χ4n) is 4.28. The van der Waals surface area contributed by atoms with Gasteiger partial charge in [-0.3, -0.25) is 0 Å². The molecule has 0 N–H and O–H groups in total. The number of ether oxygens (including phenoxy) is 1. The van der Waals surface area contributed by atoms with E-state index in [1.807, 2.05) is 42.5 Å². The fourth-order valence-corrected chi connectivity index (χ4v) is 8.48. The zero-order valence-corrected chi connectivity index (χ0v) is 28.6. The monoisotopic (exact) mass is 622 g/mol. The number of thiophene rings is 1. The highest BCUT2D eigenvalue weighted by Crippen LogP contribution is 2.44. The van der Waals surface area contributed by atoms with Gasteiger partial charge >= 0.3 is 0 Å². The van der Waals surface area contributed by atoms with Crippen LogP contribution in [0, 0.1) is 5.92 Å². The van der Waals surface area contributed by atoms with Crippen molar-refractivity contribution < 1.29 is 9.16 Å². The number of benzene rings is 2. The van der Waals surface area contributed by atoms with E-state index in [1.165, 1.54) is 28.4 Å². The number of thiazole rings is 1. The van der Waals surface area contributed by atoms with Crippen LogP contribution in [0.4, 0.5) is 27.2 Å². The van der Waals surface area contributed by atoms with Crippen LogP contribution in [0.3, 0.4) is 0 Å². The van der Waals surface area contributed by atoms with Gasteiger partial charge in [0, 0.05) is 18.8 Å². The number of azo groups is 2. The lowest BCUT2D eigenvalue weighted by molar-refractivity contribution is 0.196. The Balaban J connectivity index is 1.28. The zero-order valence-electron chi connectivity index (χ0n) is 25.9. The summed E-state index contributed by atoms with van der Waals surface area (Å²) < 4.78 is 13.3. The van der Waals surface area contributed by atoms with E-state index in [0.717, 1.165) is 44.7 Å². The van der Waals surface area contributed by atoms with Gasteiger partial charge in [-0.2, -0.15) is 0 Å². The lowest BCUT2D eigenvalue weighted by atomic mass is 9.99. The number of aromatic nitrogens is 1. The predicted octanol–water partition coefficient (Wildman–Crippen LogP) is 11.1. The molecule has 2 aromatic carbocycles. The lowest BCUT2D eigenvalue weighted by Gasteiger charge is -2.42. The molecule has 0 atom stereocenters. The van der Waals surface area contributed by atoms with Crippen molar-refractivity contribution in [2.75, 3.05) is 31.2 Å². The van der Waals surface area contributed by atoms with Gasteiger partial charge in [-0.15, -0.1) is 20.5 Å². The smallest absolute Gasteiger partial charge is 0.231 e. The minimum Gasteiger partial charge on any atom is -0.491 e. The summed E-state index contributed by atoms with van der Waals surface area (Å²) in [5, 5.41) is 19.1. The quantitative estimate of drug-likeness (QED) is 0.0795. The normalized spacial score (nSPS) is 12.8. The second-order valence-electron chi connectivity index (χ2n) is 11.4. The first-order valence-electron chi connectivity index (χ1n) is 14.5. The van der Waals surface area contributed by atoms with Crippen molar-refractivity contribution in [3.05, 3.63) is 54.6 Å². The van der Waals surface area contributed by atoms with Gasteiger partial charge in [-0.1, -0.05) is 50.4 Å². The number of hydrogen-bond donors (Lipinski definition) is 0.